The van der Waals surface area contributed by atoms with Crippen LogP contribution < -0.4 is 9.47 Å². The summed E-state index contributed by atoms with van der Waals surface area (Å²) in [5.41, 5.74) is 2.72. The Balaban J connectivity index is 2.03. The maximum absolute atomic E-state index is 11.0. The van der Waals surface area contributed by atoms with E-state index in [2.05, 4.69) is 0 Å². The zero-order valence-corrected chi connectivity index (χ0v) is 11.9. The number of hydrogen-bond donors (Lipinski definition) is 1. The molecule has 0 unspecified atom stereocenters. The van der Waals surface area contributed by atoms with Crippen LogP contribution in [0.3, 0.4) is 0 Å². The van der Waals surface area contributed by atoms with Crippen molar-refractivity contribution >= 4 is 6.29 Å². The molecule has 1 N–H and O–H groups in total. The fourth-order valence-electron chi connectivity index (χ4n) is 2.13. The van der Waals surface area contributed by atoms with Crippen LogP contribution in [0.15, 0.2) is 42.5 Å². The van der Waals surface area contributed by atoms with Gasteiger partial charge in [0.1, 0.15) is 11.5 Å². The van der Waals surface area contributed by atoms with Gasteiger partial charge in [-0.3, -0.25) is 4.79 Å². The van der Waals surface area contributed by atoms with Crippen LogP contribution in [0.2, 0.25) is 0 Å². The monoisotopic (exact) mass is 286 g/mol. The van der Waals surface area contributed by atoms with E-state index in [1.54, 1.807) is 19.2 Å². The van der Waals surface area contributed by atoms with Gasteiger partial charge in [0.15, 0.2) is 13.1 Å². The molecule has 0 aliphatic heterocycles. The molecule has 0 heterocycles. The molecule has 0 fully saturated rings. The molecule has 0 aromatic heterocycles. The molecule has 0 amide bonds. The number of methoxy groups -OCH3 is 1. The van der Waals surface area contributed by atoms with E-state index >= 15 is 0 Å². The molecule has 0 bridgehead atoms. The Morgan fingerprint density at radius 3 is 2.33 bits per heavy atom. The van der Waals surface area contributed by atoms with Gasteiger partial charge in [0.05, 0.1) is 12.7 Å². The van der Waals surface area contributed by atoms with Crippen LogP contribution in [0.1, 0.15) is 21.5 Å². The average Bonchev–Trinajstić information content (AvgIpc) is 2.54. The summed E-state index contributed by atoms with van der Waals surface area (Å²) in [6.07, 6.45) is 2.44. The van der Waals surface area contributed by atoms with Gasteiger partial charge in [-0.1, -0.05) is 18.2 Å². The molecule has 0 aliphatic rings. The highest BCUT2D eigenvalue weighted by Gasteiger charge is 2.05. The van der Waals surface area contributed by atoms with E-state index in [0.717, 1.165) is 30.4 Å². The maximum atomic E-state index is 11.0. The van der Waals surface area contributed by atoms with Gasteiger partial charge in [-0.2, -0.15) is 0 Å². The van der Waals surface area contributed by atoms with E-state index in [1.807, 2.05) is 30.3 Å². The van der Waals surface area contributed by atoms with Crippen LogP contribution in [-0.4, -0.2) is 25.3 Å². The molecular formula is C17H18O4. The van der Waals surface area contributed by atoms with Crippen molar-refractivity contribution in [1.82, 2.24) is 0 Å². The molecule has 0 aliphatic carbocycles. The second-order valence-corrected chi connectivity index (χ2v) is 4.61. The third kappa shape index (κ3) is 4.07. The zero-order valence-electron chi connectivity index (χ0n) is 11.9. The number of carbonyl (C=O) groups is 1. The van der Waals surface area contributed by atoms with Crippen LogP contribution in [0.5, 0.6) is 11.5 Å². The highest BCUT2D eigenvalue weighted by Crippen LogP contribution is 2.20. The summed E-state index contributed by atoms with van der Waals surface area (Å²) in [6.45, 7) is -0.438. The highest BCUT2D eigenvalue weighted by atomic mass is 16.6. The molecular weight excluding hydrogens is 268 g/mol. The summed E-state index contributed by atoms with van der Waals surface area (Å²) in [6, 6.07) is 13.3. The van der Waals surface area contributed by atoms with E-state index in [4.69, 9.17) is 14.6 Å². The van der Waals surface area contributed by atoms with Crippen molar-refractivity contribution in [2.45, 2.75) is 12.8 Å². The second kappa shape index (κ2) is 7.45. The van der Waals surface area contributed by atoms with E-state index in [1.165, 1.54) is 5.56 Å². The largest absolute Gasteiger partial charge is 0.497 e. The summed E-state index contributed by atoms with van der Waals surface area (Å²) in [7, 11) is 1.64. The fourth-order valence-corrected chi connectivity index (χ4v) is 2.13. The van der Waals surface area contributed by atoms with Crippen LogP contribution in [0, 0.1) is 0 Å². The van der Waals surface area contributed by atoms with Crippen LogP contribution >= 0.6 is 0 Å². The molecule has 0 radical (unpaired) electrons. The van der Waals surface area contributed by atoms with Crippen molar-refractivity contribution in [3.63, 3.8) is 0 Å². The van der Waals surface area contributed by atoms with Gasteiger partial charge in [-0.25, -0.2) is 0 Å². The highest BCUT2D eigenvalue weighted by molar-refractivity contribution is 5.79. The van der Waals surface area contributed by atoms with Gasteiger partial charge in [0.25, 0.3) is 0 Å². The third-order valence-corrected chi connectivity index (χ3v) is 3.28. The molecule has 0 saturated carbocycles. The molecule has 2 rings (SSSR count). The Morgan fingerprint density at radius 2 is 1.71 bits per heavy atom. The summed E-state index contributed by atoms with van der Waals surface area (Å²) in [5.74, 6) is 1.24. The van der Waals surface area contributed by atoms with Crippen molar-refractivity contribution in [1.29, 1.82) is 0 Å². The van der Waals surface area contributed by atoms with E-state index in [0.29, 0.717) is 11.3 Å². The standard InChI is InChI=1S/C17H18O4/c1-20-16-7-4-13(5-8-16)2-3-14-6-9-17(21-12-19)15(10-14)11-18/h4-11,19H,2-3,12H2,1H3. The minimum absolute atomic E-state index is 0.403. The lowest BCUT2D eigenvalue weighted by Gasteiger charge is -2.08. The van der Waals surface area contributed by atoms with Crippen molar-refractivity contribution in [3.8, 4) is 11.5 Å². The van der Waals surface area contributed by atoms with Gasteiger partial charge >= 0.3 is 0 Å². The Labute approximate surface area is 123 Å². The Hall–Kier alpha value is -2.33. The third-order valence-electron chi connectivity index (χ3n) is 3.28. The quantitative estimate of drug-likeness (QED) is 0.628. The summed E-state index contributed by atoms with van der Waals surface area (Å²) in [4.78, 5) is 11.0. The summed E-state index contributed by atoms with van der Waals surface area (Å²) < 4.78 is 10.1. The molecule has 4 heteroatoms. The van der Waals surface area contributed by atoms with Gasteiger partial charge in [0, 0.05) is 0 Å². The van der Waals surface area contributed by atoms with Crippen LogP contribution in [0.4, 0.5) is 0 Å². The normalized spacial score (nSPS) is 10.2. The minimum Gasteiger partial charge on any atom is -0.497 e. The van der Waals surface area contributed by atoms with Crippen molar-refractivity contribution in [3.05, 3.63) is 59.2 Å². The SMILES string of the molecule is COc1ccc(CCc2ccc(OCO)c(C=O)c2)cc1. The first-order valence-corrected chi connectivity index (χ1v) is 6.71. The van der Waals surface area contributed by atoms with Gasteiger partial charge in [-0.05, 0) is 48.2 Å². The lowest BCUT2D eigenvalue weighted by Crippen LogP contribution is -2.00. The molecule has 4 nitrogen and oxygen atoms in total. The lowest BCUT2D eigenvalue weighted by molar-refractivity contribution is 0.0959. The fraction of sp³-hybridized carbons (Fsp3) is 0.235. The van der Waals surface area contributed by atoms with Gasteiger partial charge in [0.2, 0.25) is 0 Å². The average molecular weight is 286 g/mol. The number of rotatable bonds is 7. The minimum atomic E-state index is -0.438. The number of hydrogen-bond acceptors (Lipinski definition) is 4. The number of aliphatic hydroxyl groups is 1. The molecule has 2 aromatic carbocycles. The Kier molecular flexibility index (Phi) is 5.35. The topological polar surface area (TPSA) is 55.8 Å². The Morgan fingerprint density at radius 1 is 1.05 bits per heavy atom. The van der Waals surface area contributed by atoms with E-state index < -0.39 is 6.79 Å². The molecule has 0 saturated heterocycles. The van der Waals surface area contributed by atoms with Crippen molar-refractivity contribution < 1.29 is 19.4 Å². The van der Waals surface area contributed by atoms with Crippen molar-refractivity contribution in [2.24, 2.45) is 0 Å². The van der Waals surface area contributed by atoms with Crippen LogP contribution in [-0.2, 0) is 12.8 Å². The lowest BCUT2D eigenvalue weighted by atomic mass is 10.0. The summed E-state index contributed by atoms with van der Waals surface area (Å²) >= 11 is 0. The number of aliphatic hydroxyl groups excluding tert-OH is 1. The molecule has 0 spiro atoms. The van der Waals surface area contributed by atoms with Gasteiger partial charge < -0.3 is 14.6 Å². The first-order valence-electron chi connectivity index (χ1n) is 6.71. The van der Waals surface area contributed by atoms with Crippen LogP contribution in [0.25, 0.3) is 0 Å². The maximum Gasteiger partial charge on any atom is 0.186 e. The second-order valence-electron chi connectivity index (χ2n) is 4.61. The predicted octanol–water partition coefficient (Wildman–Crippen LogP) is 2.62. The number of aldehydes is 1. The number of benzene rings is 2. The first-order chi connectivity index (χ1) is 10.3. The summed E-state index contributed by atoms with van der Waals surface area (Å²) in [5, 5.41) is 8.76. The Bertz CT molecular complexity index is 590. The molecule has 21 heavy (non-hydrogen) atoms. The number of aryl methyl sites for hydroxylation is 2. The zero-order chi connectivity index (χ0) is 15.1. The smallest absolute Gasteiger partial charge is 0.186 e. The molecule has 110 valence electrons. The van der Waals surface area contributed by atoms with Crippen molar-refractivity contribution in [2.75, 3.05) is 13.9 Å². The predicted molar refractivity (Wildman–Crippen MR) is 79.9 cm³/mol. The van der Waals surface area contributed by atoms with E-state index in [9.17, 15) is 4.79 Å². The first kappa shape index (κ1) is 15.1. The molecule has 0 atom stereocenters. The number of carbonyl (C=O) groups excluding carboxylic acids is 1. The number of ether oxygens (including phenoxy) is 2. The van der Waals surface area contributed by atoms with E-state index in [-0.39, 0.29) is 0 Å². The molecule has 2 aromatic rings. The van der Waals surface area contributed by atoms with Gasteiger partial charge in [-0.15, -0.1) is 0 Å².